The van der Waals surface area contributed by atoms with Crippen molar-refractivity contribution in [2.75, 3.05) is 11.1 Å². The van der Waals surface area contributed by atoms with Crippen molar-refractivity contribution in [2.24, 2.45) is 0 Å². The molecule has 0 spiro atoms. The number of thioether (sulfide) groups is 1. The van der Waals surface area contributed by atoms with E-state index in [0.717, 1.165) is 10.2 Å². The van der Waals surface area contributed by atoms with E-state index < -0.39 is 0 Å². The second-order valence-electron chi connectivity index (χ2n) is 6.27. The maximum absolute atomic E-state index is 12.3. The van der Waals surface area contributed by atoms with Gasteiger partial charge in [0, 0.05) is 16.7 Å². The van der Waals surface area contributed by atoms with Crippen LogP contribution in [0.5, 0.6) is 5.75 Å². The van der Waals surface area contributed by atoms with Gasteiger partial charge in [-0.3, -0.25) is 9.36 Å². The minimum Gasteiger partial charge on any atom is -0.481 e. The number of aromatic nitrogens is 3. The minimum absolute atomic E-state index is 0.127. The molecule has 9 heteroatoms. The topological polar surface area (TPSA) is 69.0 Å². The summed E-state index contributed by atoms with van der Waals surface area (Å²) in [5, 5.41) is 12.5. The number of allylic oxidation sites excluding steroid dienone is 1. The molecule has 0 bridgehead atoms. The van der Waals surface area contributed by atoms with Crippen molar-refractivity contribution in [1.82, 2.24) is 14.8 Å². The first kappa shape index (κ1) is 22.4. The second-order valence-corrected chi connectivity index (χ2v) is 8.54. The molecule has 1 heterocycles. The average Bonchev–Trinajstić information content (AvgIpc) is 3.13. The lowest BCUT2D eigenvalue weighted by Crippen LogP contribution is -2.15. The Morgan fingerprint density at radius 3 is 2.73 bits per heavy atom. The van der Waals surface area contributed by atoms with Crippen molar-refractivity contribution >= 4 is 50.9 Å². The van der Waals surface area contributed by atoms with Gasteiger partial charge in [-0.15, -0.1) is 16.8 Å². The van der Waals surface area contributed by atoms with E-state index >= 15 is 0 Å². The number of nitrogens with one attached hydrogen (secondary N) is 1. The van der Waals surface area contributed by atoms with E-state index in [9.17, 15) is 4.79 Å². The predicted molar refractivity (Wildman–Crippen MR) is 124 cm³/mol. The third kappa shape index (κ3) is 5.87. The van der Waals surface area contributed by atoms with Crippen LogP contribution in [0.4, 0.5) is 5.69 Å². The van der Waals surface area contributed by atoms with E-state index in [1.165, 1.54) is 11.8 Å². The third-order valence-electron chi connectivity index (χ3n) is 4.02. The largest absolute Gasteiger partial charge is 0.481 e. The van der Waals surface area contributed by atoms with Crippen molar-refractivity contribution in [3.63, 3.8) is 0 Å². The molecular weight excluding hydrogens is 488 g/mol. The van der Waals surface area contributed by atoms with Crippen molar-refractivity contribution in [3.05, 3.63) is 76.5 Å². The van der Waals surface area contributed by atoms with Gasteiger partial charge < -0.3 is 10.1 Å². The van der Waals surface area contributed by atoms with E-state index in [1.54, 1.807) is 18.2 Å². The van der Waals surface area contributed by atoms with Gasteiger partial charge in [-0.1, -0.05) is 57.5 Å². The normalized spacial score (nSPS) is 11.7. The zero-order valence-electron chi connectivity index (χ0n) is 16.2. The smallest absolute Gasteiger partial charge is 0.234 e. The lowest BCUT2D eigenvalue weighted by atomic mass is 10.3. The van der Waals surface area contributed by atoms with Crippen molar-refractivity contribution in [3.8, 4) is 5.75 Å². The molecule has 1 unspecified atom stereocenters. The number of benzene rings is 2. The SMILES string of the molecule is C=CCn1c(SCC(=O)Nc2ccc(Br)cc2)nnc1C(C)Oc1ccccc1Cl. The molecule has 1 N–H and O–H groups in total. The van der Waals surface area contributed by atoms with Crippen LogP contribution in [0.3, 0.4) is 0 Å². The van der Waals surface area contributed by atoms with Crippen molar-refractivity contribution < 1.29 is 9.53 Å². The number of carbonyl (C=O) groups is 1. The zero-order valence-corrected chi connectivity index (χ0v) is 19.4. The molecule has 0 fully saturated rings. The molecule has 6 nitrogen and oxygen atoms in total. The van der Waals surface area contributed by atoms with E-state index in [1.807, 2.05) is 47.9 Å². The molecule has 3 rings (SSSR count). The van der Waals surface area contributed by atoms with Crippen LogP contribution in [0.15, 0.2) is 70.8 Å². The Labute approximate surface area is 192 Å². The van der Waals surface area contributed by atoms with Crippen LogP contribution in [0.1, 0.15) is 18.9 Å². The van der Waals surface area contributed by atoms with E-state index in [-0.39, 0.29) is 17.8 Å². The molecule has 30 heavy (non-hydrogen) atoms. The van der Waals surface area contributed by atoms with Gasteiger partial charge in [-0.25, -0.2) is 0 Å². The number of hydrogen-bond acceptors (Lipinski definition) is 5. The number of para-hydroxylation sites is 1. The molecule has 2 aromatic carbocycles. The summed E-state index contributed by atoms with van der Waals surface area (Å²) in [6.07, 6.45) is 1.37. The second kappa shape index (κ2) is 10.7. The first-order valence-electron chi connectivity index (χ1n) is 9.11. The number of rotatable bonds is 9. The number of nitrogens with zero attached hydrogens (tertiary/aromatic N) is 3. The van der Waals surface area contributed by atoms with Gasteiger partial charge in [0.2, 0.25) is 5.91 Å². The molecule has 0 aliphatic rings. The van der Waals surface area contributed by atoms with E-state index in [4.69, 9.17) is 16.3 Å². The van der Waals surface area contributed by atoms with Crippen LogP contribution < -0.4 is 10.1 Å². The highest BCUT2D eigenvalue weighted by molar-refractivity contribution is 9.10. The fourth-order valence-corrected chi connectivity index (χ4v) is 3.85. The maximum Gasteiger partial charge on any atom is 0.234 e. The van der Waals surface area contributed by atoms with Crippen LogP contribution in [0, 0.1) is 0 Å². The summed E-state index contributed by atoms with van der Waals surface area (Å²) in [5.74, 6) is 1.27. The lowest BCUT2D eigenvalue weighted by molar-refractivity contribution is -0.113. The molecule has 1 aromatic heterocycles. The van der Waals surface area contributed by atoms with Crippen molar-refractivity contribution in [2.45, 2.75) is 24.7 Å². The Morgan fingerprint density at radius 2 is 2.03 bits per heavy atom. The van der Waals surface area contributed by atoms with Gasteiger partial charge in [-0.2, -0.15) is 0 Å². The summed E-state index contributed by atoms with van der Waals surface area (Å²) in [7, 11) is 0. The predicted octanol–water partition coefficient (Wildman–Crippen LogP) is 5.75. The zero-order chi connectivity index (χ0) is 21.5. The van der Waals surface area contributed by atoms with Crippen LogP contribution >= 0.6 is 39.3 Å². The first-order valence-corrected chi connectivity index (χ1v) is 11.3. The van der Waals surface area contributed by atoms with Gasteiger partial charge in [0.25, 0.3) is 0 Å². The molecule has 0 saturated carbocycles. The molecule has 1 atom stereocenters. The van der Waals surface area contributed by atoms with Gasteiger partial charge in [0.15, 0.2) is 17.1 Å². The Hall–Kier alpha value is -2.29. The average molecular weight is 508 g/mol. The van der Waals surface area contributed by atoms with Crippen molar-refractivity contribution in [1.29, 1.82) is 0 Å². The highest BCUT2D eigenvalue weighted by Gasteiger charge is 2.20. The third-order valence-corrected chi connectivity index (χ3v) is 5.83. The quantitative estimate of drug-likeness (QED) is 0.295. The number of hydrogen-bond donors (Lipinski definition) is 1. The highest BCUT2D eigenvalue weighted by atomic mass is 79.9. The minimum atomic E-state index is -0.386. The molecule has 0 saturated heterocycles. The summed E-state index contributed by atoms with van der Waals surface area (Å²) in [6, 6.07) is 14.7. The fraction of sp³-hybridized carbons (Fsp3) is 0.190. The number of carbonyl (C=O) groups excluding carboxylic acids is 1. The van der Waals surface area contributed by atoms with E-state index in [2.05, 4.69) is 38.0 Å². The maximum atomic E-state index is 12.3. The molecule has 3 aromatic rings. The Morgan fingerprint density at radius 1 is 1.30 bits per heavy atom. The Bertz CT molecular complexity index is 1030. The van der Waals surface area contributed by atoms with Crippen LogP contribution in [-0.2, 0) is 11.3 Å². The molecule has 0 aliphatic heterocycles. The van der Waals surface area contributed by atoms with Gasteiger partial charge in [0.05, 0.1) is 10.8 Å². The van der Waals surface area contributed by atoms with Crippen LogP contribution in [-0.4, -0.2) is 26.4 Å². The number of halogens is 2. The summed E-state index contributed by atoms with van der Waals surface area (Å²) >= 11 is 10.9. The number of amides is 1. The summed E-state index contributed by atoms with van der Waals surface area (Å²) in [5.41, 5.74) is 0.735. The molecule has 1 amide bonds. The first-order chi connectivity index (χ1) is 14.5. The van der Waals surface area contributed by atoms with E-state index in [0.29, 0.717) is 28.3 Å². The standard InChI is InChI=1S/C21H20BrClN4O2S/c1-3-12-27-20(14(2)29-18-7-5-4-6-17(18)23)25-26-21(27)30-13-19(28)24-16-10-8-15(22)9-11-16/h3-11,14H,1,12-13H2,2H3,(H,24,28). The number of anilines is 1. The molecular formula is C21H20BrClN4O2S. The summed E-state index contributed by atoms with van der Waals surface area (Å²) in [4.78, 5) is 12.3. The Balaban J connectivity index is 1.67. The van der Waals surface area contributed by atoms with Crippen LogP contribution in [0.2, 0.25) is 5.02 Å². The summed E-state index contributed by atoms with van der Waals surface area (Å²) in [6.45, 7) is 6.17. The van der Waals surface area contributed by atoms with Gasteiger partial charge >= 0.3 is 0 Å². The monoisotopic (exact) mass is 506 g/mol. The van der Waals surface area contributed by atoms with Gasteiger partial charge in [0.1, 0.15) is 5.75 Å². The molecule has 0 radical (unpaired) electrons. The molecule has 156 valence electrons. The fourth-order valence-electron chi connectivity index (χ4n) is 2.65. The Kier molecular flexibility index (Phi) is 7.95. The number of ether oxygens (including phenoxy) is 1. The van der Waals surface area contributed by atoms with Gasteiger partial charge in [-0.05, 0) is 43.3 Å². The highest BCUT2D eigenvalue weighted by Crippen LogP contribution is 2.29. The molecule has 0 aliphatic carbocycles. The summed E-state index contributed by atoms with van der Waals surface area (Å²) < 4.78 is 8.80. The lowest BCUT2D eigenvalue weighted by Gasteiger charge is -2.16. The van der Waals surface area contributed by atoms with Crippen LogP contribution in [0.25, 0.3) is 0 Å².